The summed E-state index contributed by atoms with van der Waals surface area (Å²) in [6.07, 6.45) is 2.40. The van der Waals surface area contributed by atoms with Crippen molar-refractivity contribution < 1.29 is 18.4 Å². The molecule has 0 fully saturated rings. The van der Waals surface area contributed by atoms with Crippen LogP contribution in [0.25, 0.3) is 0 Å². The summed E-state index contributed by atoms with van der Waals surface area (Å²) in [5, 5.41) is 4.58. The molecule has 0 aliphatic rings. The first kappa shape index (κ1) is 15.1. The number of hydrogen-bond donors (Lipinski definition) is 2. The van der Waals surface area contributed by atoms with Gasteiger partial charge in [-0.15, -0.1) is 0 Å². The van der Waals surface area contributed by atoms with Crippen LogP contribution in [-0.2, 0) is 27.2 Å². The molecule has 1 aromatic heterocycles. The third-order valence-corrected chi connectivity index (χ3v) is 2.86. The maximum absolute atomic E-state index is 11.9. The molecule has 9 heteroatoms. The molecule has 2 N–H and O–H groups in total. The summed E-state index contributed by atoms with van der Waals surface area (Å²) in [6.45, 7) is 0.161. The van der Waals surface area contributed by atoms with Crippen LogP contribution in [0.3, 0.4) is 0 Å². The fourth-order valence-electron chi connectivity index (χ4n) is 1.47. The van der Waals surface area contributed by atoms with E-state index in [0.29, 0.717) is 18.5 Å². The third kappa shape index (κ3) is 4.64. The van der Waals surface area contributed by atoms with Crippen molar-refractivity contribution >= 4 is 35.3 Å². The van der Waals surface area contributed by atoms with E-state index in [4.69, 9.17) is 0 Å². The van der Waals surface area contributed by atoms with E-state index in [2.05, 4.69) is 10.6 Å². The molecule has 8 nitrogen and oxygen atoms in total. The minimum Gasteiger partial charge on any atom is -0.772 e. The van der Waals surface area contributed by atoms with Crippen LogP contribution >= 0.6 is 0 Å². The lowest BCUT2D eigenvalue weighted by molar-refractivity contribution is -0.106. The predicted molar refractivity (Wildman–Crippen MR) is 68.5 cm³/mol. The van der Waals surface area contributed by atoms with E-state index in [1.165, 1.54) is 16.8 Å². The highest BCUT2D eigenvalue weighted by atomic mass is 32.2. The van der Waals surface area contributed by atoms with Crippen molar-refractivity contribution in [2.75, 3.05) is 16.4 Å². The lowest BCUT2D eigenvalue weighted by atomic mass is 10.3. The number of anilines is 2. The average Bonchev–Trinajstić information content (AvgIpc) is 2.34. The molecule has 0 radical (unpaired) electrons. The molecular formula is C10H12N3O5S-. The zero-order chi connectivity index (χ0) is 14.3. The van der Waals surface area contributed by atoms with Crippen LogP contribution in [0.1, 0.15) is 6.42 Å². The van der Waals surface area contributed by atoms with Crippen molar-refractivity contribution in [2.45, 2.75) is 13.0 Å². The number of carbonyl (C=O) groups excluding carboxylic acids is 2. The molecule has 19 heavy (non-hydrogen) atoms. The molecule has 0 aromatic carbocycles. The molecule has 1 aromatic rings. The van der Waals surface area contributed by atoms with Gasteiger partial charge in [0.15, 0.2) is 0 Å². The molecule has 1 unspecified atom stereocenters. The quantitative estimate of drug-likeness (QED) is 0.481. The van der Waals surface area contributed by atoms with Crippen molar-refractivity contribution in [3.63, 3.8) is 0 Å². The maximum atomic E-state index is 11.9. The first-order valence-electron chi connectivity index (χ1n) is 5.29. The molecular weight excluding hydrogens is 274 g/mol. The van der Waals surface area contributed by atoms with Gasteiger partial charge in [-0.25, -0.2) is 0 Å². The summed E-state index contributed by atoms with van der Waals surface area (Å²) in [4.78, 5) is 32.6. The molecule has 0 bridgehead atoms. The van der Waals surface area contributed by atoms with Gasteiger partial charge in [-0.3, -0.25) is 18.6 Å². The number of rotatable bonds is 8. The Morgan fingerprint density at radius 2 is 2.00 bits per heavy atom. The number of aromatic nitrogens is 1. The summed E-state index contributed by atoms with van der Waals surface area (Å²) in [6, 6.07) is 1.31. The van der Waals surface area contributed by atoms with Crippen LogP contribution in [0.2, 0.25) is 0 Å². The van der Waals surface area contributed by atoms with Crippen LogP contribution in [0.15, 0.2) is 17.1 Å². The molecule has 104 valence electrons. The second-order valence-corrected chi connectivity index (χ2v) is 4.54. The fourth-order valence-corrected chi connectivity index (χ4v) is 1.83. The lowest BCUT2D eigenvalue weighted by Gasteiger charge is -2.11. The Hall–Kier alpha value is -2.00. The van der Waals surface area contributed by atoms with Gasteiger partial charge in [0.2, 0.25) is 12.8 Å². The number of pyridine rings is 1. The Morgan fingerprint density at radius 1 is 1.32 bits per heavy atom. The number of nitrogens with one attached hydrogen (secondary N) is 2. The van der Waals surface area contributed by atoms with Gasteiger partial charge in [0.1, 0.15) is 5.69 Å². The molecule has 0 saturated carbocycles. The van der Waals surface area contributed by atoms with E-state index < -0.39 is 16.6 Å². The van der Waals surface area contributed by atoms with Gasteiger partial charge in [0.05, 0.1) is 5.69 Å². The summed E-state index contributed by atoms with van der Waals surface area (Å²) in [5.41, 5.74) is -0.146. The first-order chi connectivity index (χ1) is 9.08. The molecule has 1 heterocycles. The van der Waals surface area contributed by atoms with Gasteiger partial charge in [-0.05, 0) is 12.5 Å². The van der Waals surface area contributed by atoms with E-state index in [-0.39, 0.29) is 24.4 Å². The van der Waals surface area contributed by atoms with Gasteiger partial charge in [0.25, 0.3) is 5.56 Å². The lowest BCUT2D eigenvalue weighted by Crippen LogP contribution is -2.24. The van der Waals surface area contributed by atoms with E-state index in [1.807, 2.05) is 0 Å². The summed E-state index contributed by atoms with van der Waals surface area (Å²) in [5.74, 6) is -0.0752. The zero-order valence-electron chi connectivity index (χ0n) is 9.83. The Bertz CT molecular complexity index is 542. The van der Waals surface area contributed by atoms with Crippen molar-refractivity contribution in [1.29, 1.82) is 0 Å². The average molecular weight is 286 g/mol. The van der Waals surface area contributed by atoms with Gasteiger partial charge < -0.3 is 19.8 Å². The highest BCUT2D eigenvalue weighted by Crippen LogP contribution is 2.10. The number of nitrogens with zero attached hydrogens (tertiary/aromatic N) is 1. The Labute approximate surface area is 111 Å². The molecule has 0 aliphatic carbocycles. The maximum Gasteiger partial charge on any atom is 0.274 e. The highest BCUT2D eigenvalue weighted by molar-refractivity contribution is 7.79. The second kappa shape index (κ2) is 7.44. The molecule has 1 rings (SSSR count). The van der Waals surface area contributed by atoms with Gasteiger partial charge in [-0.2, -0.15) is 0 Å². The number of aryl methyl sites for hydroxylation is 1. The van der Waals surface area contributed by atoms with E-state index in [0.717, 1.165) is 0 Å². The fraction of sp³-hybridized carbons (Fsp3) is 0.300. The smallest absolute Gasteiger partial charge is 0.274 e. The summed E-state index contributed by atoms with van der Waals surface area (Å²) in [7, 11) is 0. The Kier molecular flexibility index (Phi) is 5.90. The van der Waals surface area contributed by atoms with Crippen LogP contribution < -0.4 is 16.2 Å². The molecule has 0 spiro atoms. The third-order valence-electron chi connectivity index (χ3n) is 2.24. The number of hydrogen-bond acceptors (Lipinski definition) is 5. The minimum absolute atomic E-state index is 0.00472. The van der Waals surface area contributed by atoms with Crippen LogP contribution in [0.4, 0.5) is 11.4 Å². The topological polar surface area (TPSA) is 120 Å². The van der Waals surface area contributed by atoms with Gasteiger partial charge >= 0.3 is 0 Å². The molecule has 1 atom stereocenters. The largest absolute Gasteiger partial charge is 0.772 e. The molecule has 0 saturated heterocycles. The normalized spacial score (nSPS) is 11.6. The van der Waals surface area contributed by atoms with Crippen molar-refractivity contribution in [2.24, 2.45) is 0 Å². The van der Waals surface area contributed by atoms with Crippen LogP contribution in [0.5, 0.6) is 0 Å². The van der Waals surface area contributed by atoms with Crippen molar-refractivity contribution in [3.05, 3.63) is 22.6 Å². The highest BCUT2D eigenvalue weighted by Gasteiger charge is 2.06. The van der Waals surface area contributed by atoms with E-state index in [9.17, 15) is 23.1 Å². The SMILES string of the molecule is O=CNc1cc(NC=O)c(=O)n(CCCS(=O)[O-])c1. The monoisotopic (exact) mass is 286 g/mol. The standard InChI is InChI=1S/C10H13N3O5S/c14-6-11-8-4-9(12-7-15)10(16)13(5-8)2-1-3-19(17)18/h4-7H,1-3H2,(H,11,14)(H,12,15)(H,17,18)/p-1. The second-order valence-electron chi connectivity index (χ2n) is 3.53. The van der Waals surface area contributed by atoms with Gasteiger partial charge in [-0.1, -0.05) is 11.1 Å². The minimum atomic E-state index is -2.17. The molecule has 2 amide bonds. The van der Waals surface area contributed by atoms with Crippen molar-refractivity contribution in [1.82, 2.24) is 4.57 Å². The first-order valence-corrected chi connectivity index (χ1v) is 6.53. The van der Waals surface area contributed by atoms with Crippen molar-refractivity contribution in [3.8, 4) is 0 Å². The van der Waals surface area contributed by atoms with Gasteiger partial charge in [0, 0.05) is 18.5 Å². The van der Waals surface area contributed by atoms with E-state index in [1.54, 1.807) is 0 Å². The number of carbonyl (C=O) groups is 2. The van der Waals surface area contributed by atoms with Crippen LogP contribution in [0, 0.1) is 0 Å². The summed E-state index contributed by atoms with van der Waals surface area (Å²) < 4.78 is 22.0. The Morgan fingerprint density at radius 3 is 2.58 bits per heavy atom. The van der Waals surface area contributed by atoms with Crippen LogP contribution in [-0.4, -0.2) is 31.9 Å². The molecule has 0 aliphatic heterocycles. The number of amides is 2. The zero-order valence-corrected chi connectivity index (χ0v) is 10.6. The predicted octanol–water partition coefficient (Wildman–Crippen LogP) is -0.746. The summed E-state index contributed by atoms with van der Waals surface area (Å²) >= 11 is -2.17. The Balaban J connectivity index is 2.99. The van der Waals surface area contributed by atoms with E-state index >= 15 is 0 Å².